The summed E-state index contributed by atoms with van der Waals surface area (Å²) in [5.74, 6) is 2.34. The first-order valence-electron chi connectivity index (χ1n) is 8.04. The third kappa shape index (κ3) is 3.90. The Labute approximate surface area is 176 Å². The molecule has 2 amide bonds. The van der Waals surface area contributed by atoms with Crippen LogP contribution in [0.25, 0.3) is 0 Å². The number of aromatic nitrogens is 1. The van der Waals surface area contributed by atoms with Crippen molar-refractivity contribution in [3.63, 3.8) is 0 Å². The van der Waals surface area contributed by atoms with Crippen molar-refractivity contribution in [3.8, 4) is 0 Å². The molecule has 0 radical (unpaired) electrons. The lowest BCUT2D eigenvalue weighted by atomic mass is 10.0. The Morgan fingerprint density at radius 2 is 2.20 bits per heavy atom. The first kappa shape index (κ1) is 21.1. The van der Waals surface area contributed by atoms with E-state index in [1.165, 1.54) is 23.4 Å². The predicted octanol–water partition coefficient (Wildman–Crippen LogP) is -1.88. The molecule has 3 rings (SSSR count). The van der Waals surface area contributed by atoms with Gasteiger partial charge in [0.15, 0.2) is 10.8 Å². The van der Waals surface area contributed by atoms with E-state index in [2.05, 4.69) is 31.1 Å². The van der Waals surface area contributed by atoms with Crippen molar-refractivity contribution < 1.29 is 24.7 Å². The lowest BCUT2D eigenvalue weighted by Gasteiger charge is -2.49. The van der Waals surface area contributed by atoms with Gasteiger partial charge in [0.1, 0.15) is 29.1 Å². The Morgan fingerprint density at radius 1 is 1.43 bits per heavy atom. The van der Waals surface area contributed by atoms with Crippen LogP contribution < -0.4 is 22.3 Å². The van der Waals surface area contributed by atoms with Crippen LogP contribution in [0.4, 0.5) is 5.13 Å². The molecule has 158 valence electrons. The molecule has 0 aromatic carbocycles. The van der Waals surface area contributed by atoms with E-state index in [0.717, 1.165) is 22.6 Å². The summed E-state index contributed by atoms with van der Waals surface area (Å²) >= 11 is 2.28. The molecule has 1 aromatic heterocycles. The molecule has 0 bridgehead atoms. The number of nitrogens with one attached hydrogen (secondary N) is 2. The number of carboxylic acid groups (broad SMARTS) is 1. The fourth-order valence-corrected chi connectivity index (χ4v) is 4.59. The van der Waals surface area contributed by atoms with Gasteiger partial charge in [0.05, 0.1) is 6.21 Å². The lowest BCUT2D eigenvalue weighted by molar-refractivity contribution is -0.150. The summed E-state index contributed by atoms with van der Waals surface area (Å²) in [5.41, 5.74) is 7.57. The number of amides is 2. The quantitative estimate of drug-likeness (QED) is 0.0673. The Balaban J connectivity index is 1.76. The summed E-state index contributed by atoms with van der Waals surface area (Å²) in [6.07, 6.45) is 2.34. The third-order valence-corrected chi connectivity index (χ3v) is 5.97. The highest BCUT2D eigenvalue weighted by Crippen LogP contribution is 2.39. The Bertz CT molecular complexity index is 1000. The molecule has 1 aromatic rings. The van der Waals surface area contributed by atoms with Crippen molar-refractivity contribution in [2.24, 2.45) is 21.2 Å². The van der Waals surface area contributed by atoms with Crippen molar-refractivity contribution in [2.45, 2.75) is 11.4 Å². The van der Waals surface area contributed by atoms with Gasteiger partial charge < -0.3 is 27.2 Å². The monoisotopic (exact) mass is 453 g/mol. The van der Waals surface area contributed by atoms with Gasteiger partial charge in [-0.3, -0.25) is 19.9 Å². The van der Waals surface area contributed by atoms with E-state index >= 15 is 0 Å². The first-order valence-corrected chi connectivity index (χ1v) is 9.97. The summed E-state index contributed by atoms with van der Waals surface area (Å²) < 4.78 is 0. The Kier molecular flexibility index (Phi) is 6.17. The maximum Gasteiger partial charge on any atom is 0.353 e. The van der Waals surface area contributed by atoms with Gasteiger partial charge in [0.25, 0.3) is 11.8 Å². The number of carbonyl (C=O) groups is 3. The minimum Gasteiger partial charge on any atom is -0.477 e. The number of anilines is 1. The zero-order chi connectivity index (χ0) is 21.8. The minimum atomic E-state index is -1.32. The average molecular weight is 453 g/mol. The number of carboxylic acids is 1. The smallest absolute Gasteiger partial charge is 0.353 e. The Hall–Kier alpha value is -3.66. The van der Waals surface area contributed by atoms with Crippen LogP contribution in [0.3, 0.4) is 0 Å². The first-order chi connectivity index (χ1) is 14.4. The zero-order valence-corrected chi connectivity index (χ0v) is 16.6. The van der Waals surface area contributed by atoms with E-state index in [-0.39, 0.29) is 27.8 Å². The summed E-state index contributed by atoms with van der Waals surface area (Å²) in [5, 5.41) is 32.0. The van der Waals surface area contributed by atoms with Crippen molar-refractivity contribution in [3.05, 3.63) is 22.3 Å². The Morgan fingerprint density at radius 3 is 2.80 bits per heavy atom. The standard InChI is InChI=1S/C14H15N9O5S2/c15-14-20-6(3-30-14)7(22-28)10(24)21-8-11(25)23-9(13(26)27)5(2-29-12(8)23)1-18-19-4-17-16/h1,3-4,8,12,28H,2,16H2,(H2,15,20)(H,17,19)(H,21,24)(H,26,27)/b18-1?,22-7-/t8?,12-/m0/s1. The van der Waals surface area contributed by atoms with Gasteiger partial charge in [-0.25, -0.2) is 9.78 Å². The molecule has 0 spiro atoms. The van der Waals surface area contributed by atoms with Crippen LogP contribution in [-0.4, -0.2) is 73.4 Å². The van der Waals surface area contributed by atoms with Gasteiger partial charge in [-0.2, -0.15) is 10.2 Å². The molecule has 0 aliphatic carbocycles. The van der Waals surface area contributed by atoms with Crippen LogP contribution in [0.15, 0.2) is 32.0 Å². The second-order valence-electron chi connectivity index (χ2n) is 5.72. The molecular formula is C14H15N9O5S2. The number of hydrazone groups is 2. The maximum absolute atomic E-state index is 12.6. The summed E-state index contributed by atoms with van der Waals surface area (Å²) in [4.78, 5) is 41.7. The van der Waals surface area contributed by atoms with E-state index in [0.29, 0.717) is 0 Å². The maximum atomic E-state index is 12.6. The van der Waals surface area contributed by atoms with E-state index in [1.807, 2.05) is 0 Å². The van der Waals surface area contributed by atoms with Crippen LogP contribution in [0.5, 0.6) is 0 Å². The zero-order valence-electron chi connectivity index (χ0n) is 14.9. The molecule has 1 fully saturated rings. The molecule has 16 heteroatoms. The number of carbonyl (C=O) groups excluding carboxylic acids is 2. The summed E-state index contributed by atoms with van der Waals surface area (Å²) in [6.45, 7) is 0. The highest BCUT2D eigenvalue weighted by molar-refractivity contribution is 8.00. The molecule has 30 heavy (non-hydrogen) atoms. The van der Waals surface area contributed by atoms with Gasteiger partial charge in [0, 0.05) is 16.7 Å². The van der Waals surface area contributed by atoms with Gasteiger partial charge in [-0.05, 0) is 0 Å². The van der Waals surface area contributed by atoms with Gasteiger partial charge >= 0.3 is 5.97 Å². The lowest BCUT2D eigenvalue weighted by Crippen LogP contribution is -2.71. The van der Waals surface area contributed by atoms with E-state index in [9.17, 15) is 19.5 Å². The van der Waals surface area contributed by atoms with Crippen LogP contribution in [0, 0.1) is 0 Å². The number of hydrogen-bond acceptors (Lipinski definition) is 12. The number of thiazole rings is 1. The second kappa shape index (κ2) is 8.78. The van der Waals surface area contributed by atoms with E-state index in [4.69, 9.17) is 16.8 Å². The molecule has 1 unspecified atom stereocenters. The highest BCUT2D eigenvalue weighted by Gasteiger charge is 2.54. The van der Waals surface area contributed by atoms with Crippen molar-refractivity contribution in [1.82, 2.24) is 20.6 Å². The van der Waals surface area contributed by atoms with Gasteiger partial charge in [0.2, 0.25) is 0 Å². The van der Waals surface area contributed by atoms with Crippen LogP contribution in [-0.2, 0) is 14.4 Å². The summed E-state index contributed by atoms with van der Waals surface area (Å²) in [7, 11) is 0. The topological polar surface area (TPSA) is 221 Å². The van der Waals surface area contributed by atoms with Crippen molar-refractivity contribution >= 4 is 64.3 Å². The second-order valence-corrected chi connectivity index (χ2v) is 7.72. The van der Waals surface area contributed by atoms with Crippen LogP contribution >= 0.6 is 23.1 Å². The predicted molar refractivity (Wildman–Crippen MR) is 109 cm³/mol. The van der Waals surface area contributed by atoms with Gasteiger partial charge in [-0.1, -0.05) is 5.16 Å². The average Bonchev–Trinajstić information content (AvgIpc) is 3.15. The molecule has 8 N–H and O–H groups in total. The van der Waals surface area contributed by atoms with E-state index in [1.54, 1.807) is 0 Å². The number of β-lactam (4-membered cyclic amide) rings is 1. The number of nitrogen functional groups attached to an aromatic ring is 1. The highest BCUT2D eigenvalue weighted by atomic mass is 32.2. The largest absolute Gasteiger partial charge is 0.477 e. The molecule has 2 aliphatic rings. The SMILES string of the molecule is NN=CNN=CC1=C(C(=O)O)N2C(=O)C(NC(=O)/C(=N\O)c3csc(N)n3)[C@@H]2SC1. The fourth-order valence-electron chi connectivity index (χ4n) is 2.74. The molecule has 0 saturated carbocycles. The molecule has 2 aliphatic heterocycles. The molecule has 14 nitrogen and oxygen atoms in total. The normalized spacial score (nSPS) is 21.7. The number of rotatable bonds is 7. The van der Waals surface area contributed by atoms with Crippen molar-refractivity contribution in [1.29, 1.82) is 0 Å². The summed E-state index contributed by atoms with van der Waals surface area (Å²) in [6, 6.07) is -1.01. The number of fused-ring (bicyclic) bond motifs is 1. The number of nitrogens with zero attached hydrogens (tertiary/aromatic N) is 5. The third-order valence-electron chi connectivity index (χ3n) is 3.99. The number of nitrogens with two attached hydrogens (primary N) is 2. The fraction of sp³-hybridized carbons (Fsp3) is 0.214. The van der Waals surface area contributed by atoms with Crippen LogP contribution in [0.1, 0.15) is 5.69 Å². The molecule has 3 heterocycles. The number of aliphatic carboxylic acids is 1. The number of oxime groups is 1. The number of hydrogen-bond donors (Lipinski definition) is 6. The molecule has 1 saturated heterocycles. The van der Waals surface area contributed by atoms with Crippen molar-refractivity contribution in [2.75, 3.05) is 11.5 Å². The van der Waals surface area contributed by atoms with E-state index < -0.39 is 34.9 Å². The number of thioether (sulfide) groups is 1. The van der Waals surface area contributed by atoms with Gasteiger partial charge in [-0.15, -0.1) is 23.1 Å². The molecular weight excluding hydrogens is 438 g/mol. The minimum absolute atomic E-state index is 0.0514. The van der Waals surface area contributed by atoms with Crippen LogP contribution in [0.2, 0.25) is 0 Å². The molecule has 2 atom stereocenters.